The Morgan fingerprint density at radius 1 is 1.17 bits per heavy atom. The van der Waals surface area contributed by atoms with E-state index in [-0.39, 0.29) is 0 Å². The van der Waals surface area contributed by atoms with Gasteiger partial charge in [-0.3, -0.25) is 0 Å². The highest BCUT2D eigenvalue weighted by molar-refractivity contribution is 5.67. The SMILES string of the molecule is Cc1cccc(Nc2cc(C#N)ccn2)c1C#N. The van der Waals surface area contributed by atoms with Crippen LogP contribution in [-0.2, 0) is 0 Å². The minimum absolute atomic E-state index is 0.527. The summed E-state index contributed by atoms with van der Waals surface area (Å²) in [5.74, 6) is 0.552. The first-order valence-electron chi connectivity index (χ1n) is 5.37. The Labute approximate surface area is 105 Å². The number of nitrogens with one attached hydrogen (secondary N) is 1. The summed E-state index contributed by atoms with van der Waals surface area (Å²) < 4.78 is 0. The van der Waals surface area contributed by atoms with Gasteiger partial charge in [-0.2, -0.15) is 10.5 Å². The number of aromatic nitrogens is 1. The summed E-state index contributed by atoms with van der Waals surface area (Å²) in [5, 5.41) is 21.0. The molecule has 0 amide bonds. The van der Waals surface area contributed by atoms with Crippen molar-refractivity contribution in [3.8, 4) is 12.1 Å². The van der Waals surface area contributed by atoms with Gasteiger partial charge in [0.15, 0.2) is 0 Å². The molecule has 0 spiro atoms. The van der Waals surface area contributed by atoms with Gasteiger partial charge < -0.3 is 5.32 Å². The maximum absolute atomic E-state index is 9.12. The van der Waals surface area contributed by atoms with E-state index in [0.29, 0.717) is 22.6 Å². The van der Waals surface area contributed by atoms with E-state index >= 15 is 0 Å². The van der Waals surface area contributed by atoms with Crippen molar-refractivity contribution in [3.05, 3.63) is 53.2 Å². The second-order valence-electron chi connectivity index (χ2n) is 3.78. The molecule has 0 fully saturated rings. The highest BCUT2D eigenvalue weighted by Crippen LogP contribution is 2.22. The monoisotopic (exact) mass is 234 g/mol. The molecular formula is C14H10N4. The molecule has 0 unspecified atom stereocenters. The van der Waals surface area contributed by atoms with Gasteiger partial charge in [0.05, 0.1) is 22.9 Å². The van der Waals surface area contributed by atoms with Gasteiger partial charge in [-0.05, 0) is 30.7 Å². The van der Waals surface area contributed by atoms with Crippen molar-refractivity contribution in [3.63, 3.8) is 0 Å². The molecule has 0 aliphatic heterocycles. The lowest BCUT2D eigenvalue weighted by Gasteiger charge is -2.08. The molecule has 1 aromatic carbocycles. The summed E-state index contributed by atoms with van der Waals surface area (Å²) in [6.07, 6.45) is 1.56. The Kier molecular flexibility index (Phi) is 3.22. The zero-order valence-electron chi connectivity index (χ0n) is 9.81. The van der Waals surface area contributed by atoms with Crippen molar-refractivity contribution in [2.75, 3.05) is 5.32 Å². The van der Waals surface area contributed by atoms with Gasteiger partial charge in [0.2, 0.25) is 0 Å². The van der Waals surface area contributed by atoms with Crippen LogP contribution in [0.5, 0.6) is 0 Å². The lowest BCUT2D eigenvalue weighted by atomic mass is 10.1. The second kappa shape index (κ2) is 4.99. The lowest BCUT2D eigenvalue weighted by molar-refractivity contribution is 1.28. The van der Waals surface area contributed by atoms with Crippen molar-refractivity contribution in [1.29, 1.82) is 10.5 Å². The highest BCUT2D eigenvalue weighted by atomic mass is 15.0. The molecule has 4 heteroatoms. The number of pyridine rings is 1. The summed E-state index contributed by atoms with van der Waals surface area (Å²) >= 11 is 0. The predicted octanol–water partition coefficient (Wildman–Crippen LogP) is 2.88. The maximum Gasteiger partial charge on any atom is 0.131 e. The van der Waals surface area contributed by atoms with Gasteiger partial charge in [0.1, 0.15) is 11.9 Å². The zero-order valence-corrected chi connectivity index (χ0v) is 9.81. The summed E-state index contributed by atoms with van der Waals surface area (Å²) in [6, 6.07) is 13.0. The summed E-state index contributed by atoms with van der Waals surface area (Å²) in [4.78, 5) is 4.12. The predicted molar refractivity (Wildman–Crippen MR) is 68.1 cm³/mol. The summed E-state index contributed by atoms with van der Waals surface area (Å²) in [6.45, 7) is 1.88. The van der Waals surface area contributed by atoms with Gasteiger partial charge >= 0.3 is 0 Å². The molecule has 0 aliphatic rings. The molecule has 0 saturated carbocycles. The molecule has 4 nitrogen and oxygen atoms in total. The average molecular weight is 234 g/mol. The number of nitrogens with zero attached hydrogens (tertiary/aromatic N) is 3. The zero-order chi connectivity index (χ0) is 13.0. The maximum atomic E-state index is 9.12. The summed E-state index contributed by atoms with van der Waals surface area (Å²) in [7, 11) is 0. The van der Waals surface area contributed by atoms with E-state index < -0.39 is 0 Å². The number of anilines is 2. The van der Waals surface area contributed by atoms with Crippen LogP contribution in [0.25, 0.3) is 0 Å². The van der Waals surface area contributed by atoms with Crippen LogP contribution in [-0.4, -0.2) is 4.98 Å². The fourth-order valence-electron chi connectivity index (χ4n) is 1.63. The molecule has 0 radical (unpaired) electrons. The van der Waals surface area contributed by atoms with E-state index in [1.54, 1.807) is 18.3 Å². The molecule has 18 heavy (non-hydrogen) atoms. The Morgan fingerprint density at radius 2 is 2.00 bits per heavy atom. The van der Waals surface area contributed by atoms with Gasteiger partial charge in [0, 0.05) is 6.20 Å². The Hall–Kier alpha value is -2.85. The number of aryl methyl sites for hydroxylation is 1. The van der Waals surface area contributed by atoms with Crippen LogP contribution >= 0.6 is 0 Å². The summed E-state index contributed by atoms with van der Waals surface area (Å²) in [5.41, 5.74) is 2.71. The van der Waals surface area contributed by atoms with Gasteiger partial charge in [-0.15, -0.1) is 0 Å². The molecule has 1 heterocycles. The van der Waals surface area contributed by atoms with E-state index in [1.165, 1.54) is 0 Å². The van der Waals surface area contributed by atoms with Crippen LogP contribution in [0.15, 0.2) is 36.5 Å². The van der Waals surface area contributed by atoms with Gasteiger partial charge in [-0.1, -0.05) is 12.1 Å². The highest BCUT2D eigenvalue weighted by Gasteiger charge is 2.05. The number of benzene rings is 1. The number of rotatable bonds is 2. The van der Waals surface area contributed by atoms with Crippen LogP contribution in [0.2, 0.25) is 0 Å². The lowest BCUT2D eigenvalue weighted by Crippen LogP contribution is -1.97. The molecule has 0 atom stereocenters. The smallest absolute Gasteiger partial charge is 0.131 e. The van der Waals surface area contributed by atoms with Gasteiger partial charge in [0.25, 0.3) is 0 Å². The van der Waals surface area contributed by atoms with E-state index in [1.807, 2.05) is 31.2 Å². The van der Waals surface area contributed by atoms with Crippen molar-refractivity contribution in [1.82, 2.24) is 4.98 Å². The Balaban J connectivity index is 2.38. The van der Waals surface area contributed by atoms with Crippen LogP contribution in [0.4, 0.5) is 11.5 Å². The largest absolute Gasteiger partial charge is 0.339 e. The molecule has 2 aromatic rings. The Bertz CT molecular complexity index is 662. The molecule has 0 bridgehead atoms. The van der Waals surface area contributed by atoms with Gasteiger partial charge in [-0.25, -0.2) is 4.98 Å². The minimum atomic E-state index is 0.527. The van der Waals surface area contributed by atoms with Crippen LogP contribution in [0, 0.1) is 29.6 Å². The van der Waals surface area contributed by atoms with Crippen LogP contribution < -0.4 is 5.32 Å². The first kappa shape index (κ1) is 11.6. The van der Waals surface area contributed by atoms with Crippen molar-refractivity contribution < 1.29 is 0 Å². The third-order valence-corrected chi connectivity index (χ3v) is 2.54. The van der Waals surface area contributed by atoms with Crippen molar-refractivity contribution in [2.45, 2.75) is 6.92 Å². The van der Waals surface area contributed by atoms with E-state index in [0.717, 1.165) is 5.56 Å². The first-order valence-corrected chi connectivity index (χ1v) is 5.37. The third-order valence-electron chi connectivity index (χ3n) is 2.54. The van der Waals surface area contributed by atoms with Crippen molar-refractivity contribution >= 4 is 11.5 Å². The molecule has 2 rings (SSSR count). The normalized spacial score (nSPS) is 9.28. The minimum Gasteiger partial charge on any atom is -0.339 e. The molecular weight excluding hydrogens is 224 g/mol. The Morgan fingerprint density at radius 3 is 2.72 bits per heavy atom. The second-order valence-corrected chi connectivity index (χ2v) is 3.78. The van der Waals surface area contributed by atoms with Crippen LogP contribution in [0.1, 0.15) is 16.7 Å². The third kappa shape index (κ3) is 2.28. The quantitative estimate of drug-likeness (QED) is 0.867. The van der Waals surface area contributed by atoms with Crippen LogP contribution in [0.3, 0.4) is 0 Å². The molecule has 0 aliphatic carbocycles. The van der Waals surface area contributed by atoms with E-state index in [9.17, 15) is 0 Å². The van der Waals surface area contributed by atoms with E-state index in [4.69, 9.17) is 10.5 Å². The van der Waals surface area contributed by atoms with E-state index in [2.05, 4.69) is 16.4 Å². The molecule has 1 N–H and O–H groups in total. The fourth-order valence-corrected chi connectivity index (χ4v) is 1.63. The van der Waals surface area contributed by atoms with Crippen molar-refractivity contribution in [2.24, 2.45) is 0 Å². The molecule has 1 aromatic heterocycles. The topological polar surface area (TPSA) is 72.5 Å². The number of nitriles is 2. The fraction of sp³-hybridized carbons (Fsp3) is 0.0714. The first-order chi connectivity index (χ1) is 8.74. The number of hydrogen-bond donors (Lipinski definition) is 1. The molecule has 86 valence electrons. The average Bonchev–Trinajstić information content (AvgIpc) is 2.39. The number of hydrogen-bond acceptors (Lipinski definition) is 4. The molecule has 0 saturated heterocycles. The standard InChI is InChI=1S/C14H10N4/c1-10-3-2-4-13(12(10)9-16)18-14-7-11(8-15)5-6-17-14/h2-7H,1H3,(H,17,18).